The van der Waals surface area contributed by atoms with Crippen molar-refractivity contribution in [1.29, 1.82) is 0 Å². The zero-order valence-corrected chi connectivity index (χ0v) is 12.5. The van der Waals surface area contributed by atoms with E-state index in [4.69, 9.17) is 10.5 Å². The second kappa shape index (κ2) is 6.31. The molecule has 0 fully saturated rings. The van der Waals surface area contributed by atoms with Crippen molar-refractivity contribution >= 4 is 17.3 Å². The lowest BCUT2D eigenvalue weighted by Crippen LogP contribution is -2.14. The van der Waals surface area contributed by atoms with Crippen molar-refractivity contribution in [3.63, 3.8) is 0 Å². The molecule has 1 amide bonds. The molecule has 2 aromatic carbocycles. The summed E-state index contributed by atoms with van der Waals surface area (Å²) in [6.07, 6.45) is 0.123. The lowest BCUT2D eigenvalue weighted by Gasteiger charge is -2.11. The fraction of sp³-hybridized carbons (Fsp3) is 0.235. The summed E-state index contributed by atoms with van der Waals surface area (Å²) in [5.74, 6) is 0.562. The number of aryl methyl sites for hydroxylation is 1. The monoisotopic (exact) mass is 284 g/mol. The van der Waals surface area contributed by atoms with Crippen molar-refractivity contribution in [3.8, 4) is 5.75 Å². The molecule has 2 rings (SSSR count). The van der Waals surface area contributed by atoms with Gasteiger partial charge in [-0.3, -0.25) is 4.79 Å². The molecule has 0 aliphatic carbocycles. The number of para-hydroxylation sites is 1. The van der Waals surface area contributed by atoms with Gasteiger partial charge in [0.1, 0.15) is 5.75 Å². The molecule has 0 spiro atoms. The van der Waals surface area contributed by atoms with Gasteiger partial charge < -0.3 is 15.8 Å². The SMILES string of the molecule is Cc1cccc(C(=O)Nc2ccc(OC(C)C)cc2)c1N. The Labute approximate surface area is 124 Å². The van der Waals surface area contributed by atoms with E-state index in [2.05, 4.69) is 5.32 Å². The third-order valence-corrected chi connectivity index (χ3v) is 3.05. The van der Waals surface area contributed by atoms with Crippen molar-refractivity contribution in [2.45, 2.75) is 26.9 Å². The fourth-order valence-corrected chi connectivity index (χ4v) is 1.97. The summed E-state index contributed by atoms with van der Waals surface area (Å²) in [5.41, 5.74) is 8.53. The average Bonchev–Trinajstić information content (AvgIpc) is 2.43. The molecule has 0 aliphatic rings. The van der Waals surface area contributed by atoms with Crippen LogP contribution in [0.5, 0.6) is 5.75 Å². The highest BCUT2D eigenvalue weighted by molar-refractivity contribution is 6.08. The molecule has 0 aromatic heterocycles. The zero-order valence-electron chi connectivity index (χ0n) is 12.5. The normalized spacial score (nSPS) is 10.5. The molecule has 0 heterocycles. The van der Waals surface area contributed by atoms with Crippen LogP contribution in [0.1, 0.15) is 29.8 Å². The number of rotatable bonds is 4. The topological polar surface area (TPSA) is 64.3 Å². The Morgan fingerprint density at radius 1 is 1.14 bits per heavy atom. The van der Waals surface area contributed by atoms with Crippen LogP contribution in [0, 0.1) is 6.92 Å². The first kappa shape index (κ1) is 14.9. The number of ether oxygens (including phenoxy) is 1. The first-order valence-corrected chi connectivity index (χ1v) is 6.90. The Bertz CT molecular complexity index is 634. The van der Waals surface area contributed by atoms with Crippen molar-refractivity contribution in [2.75, 3.05) is 11.1 Å². The quantitative estimate of drug-likeness (QED) is 0.843. The lowest BCUT2D eigenvalue weighted by molar-refractivity contribution is 0.102. The number of hydrogen-bond donors (Lipinski definition) is 2. The summed E-state index contributed by atoms with van der Waals surface area (Å²) in [5, 5.41) is 2.83. The van der Waals surface area contributed by atoms with Crippen LogP contribution in [0.4, 0.5) is 11.4 Å². The van der Waals surface area contributed by atoms with Crippen LogP contribution in [0.3, 0.4) is 0 Å². The number of benzene rings is 2. The predicted molar refractivity (Wildman–Crippen MR) is 85.8 cm³/mol. The Balaban J connectivity index is 2.11. The van der Waals surface area contributed by atoms with Crippen LogP contribution in [0.2, 0.25) is 0 Å². The Hall–Kier alpha value is -2.49. The molecule has 2 aromatic rings. The first-order valence-electron chi connectivity index (χ1n) is 6.90. The Morgan fingerprint density at radius 3 is 2.43 bits per heavy atom. The summed E-state index contributed by atoms with van der Waals surface area (Å²) in [4.78, 5) is 12.2. The van der Waals surface area contributed by atoms with Gasteiger partial charge in [0.05, 0.1) is 11.7 Å². The molecule has 0 unspecified atom stereocenters. The van der Waals surface area contributed by atoms with Crippen molar-refractivity contribution < 1.29 is 9.53 Å². The van der Waals surface area contributed by atoms with Crippen molar-refractivity contribution in [2.24, 2.45) is 0 Å². The first-order chi connectivity index (χ1) is 9.97. The maximum atomic E-state index is 12.2. The van der Waals surface area contributed by atoms with Crippen LogP contribution in [-0.4, -0.2) is 12.0 Å². The minimum atomic E-state index is -0.214. The van der Waals surface area contributed by atoms with Crippen molar-refractivity contribution in [3.05, 3.63) is 53.6 Å². The van der Waals surface area contributed by atoms with Gasteiger partial charge in [0.15, 0.2) is 0 Å². The summed E-state index contributed by atoms with van der Waals surface area (Å²) in [7, 11) is 0. The van der Waals surface area contributed by atoms with Gasteiger partial charge in [-0.1, -0.05) is 12.1 Å². The number of nitrogens with two attached hydrogens (primary N) is 1. The molecule has 0 radical (unpaired) electrons. The van der Waals surface area contributed by atoms with Crippen molar-refractivity contribution in [1.82, 2.24) is 0 Å². The molecule has 21 heavy (non-hydrogen) atoms. The largest absolute Gasteiger partial charge is 0.491 e. The number of hydrogen-bond acceptors (Lipinski definition) is 3. The zero-order chi connectivity index (χ0) is 15.4. The third-order valence-electron chi connectivity index (χ3n) is 3.05. The van der Waals surface area contributed by atoms with Gasteiger partial charge in [-0.2, -0.15) is 0 Å². The van der Waals surface area contributed by atoms with Crippen LogP contribution in [0.25, 0.3) is 0 Å². The molecule has 4 nitrogen and oxygen atoms in total. The Kier molecular flexibility index (Phi) is 4.48. The number of amides is 1. The van der Waals surface area contributed by atoms with Crippen LogP contribution in [0.15, 0.2) is 42.5 Å². The maximum Gasteiger partial charge on any atom is 0.257 e. The highest BCUT2D eigenvalue weighted by Crippen LogP contribution is 2.20. The second-order valence-electron chi connectivity index (χ2n) is 5.18. The van der Waals surface area contributed by atoms with E-state index in [0.717, 1.165) is 11.3 Å². The van der Waals surface area contributed by atoms with E-state index in [0.29, 0.717) is 16.9 Å². The van der Waals surface area contributed by atoms with Gasteiger partial charge in [-0.05, 0) is 56.7 Å². The van der Waals surface area contributed by atoms with Gasteiger partial charge in [-0.25, -0.2) is 0 Å². The molecule has 110 valence electrons. The number of carbonyl (C=O) groups excluding carboxylic acids is 1. The lowest BCUT2D eigenvalue weighted by atomic mass is 10.1. The van der Waals surface area contributed by atoms with Crippen LogP contribution < -0.4 is 15.8 Å². The molecule has 0 atom stereocenters. The van der Waals surface area contributed by atoms with E-state index >= 15 is 0 Å². The average molecular weight is 284 g/mol. The minimum Gasteiger partial charge on any atom is -0.491 e. The number of anilines is 2. The molecule has 0 saturated heterocycles. The van der Waals surface area contributed by atoms with Gasteiger partial charge in [0.2, 0.25) is 0 Å². The summed E-state index contributed by atoms with van der Waals surface area (Å²) in [6.45, 7) is 5.82. The second-order valence-corrected chi connectivity index (χ2v) is 5.18. The molecule has 0 bridgehead atoms. The highest BCUT2D eigenvalue weighted by atomic mass is 16.5. The summed E-state index contributed by atoms with van der Waals surface area (Å²) in [6, 6.07) is 12.7. The van der Waals surface area contributed by atoms with E-state index in [9.17, 15) is 4.79 Å². The predicted octanol–water partition coefficient (Wildman–Crippen LogP) is 3.62. The number of nitrogens with one attached hydrogen (secondary N) is 1. The van der Waals surface area contributed by atoms with E-state index in [-0.39, 0.29) is 12.0 Å². The molecular formula is C17H20N2O2. The smallest absolute Gasteiger partial charge is 0.257 e. The standard InChI is InChI=1S/C17H20N2O2/c1-11(2)21-14-9-7-13(8-10-14)19-17(20)15-6-4-5-12(3)16(15)18/h4-11H,18H2,1-3H3,(H,19,20). The summed E-state index contributed by atoms with van der Waals surface area (Å²) < 4.78 is 5.56. The van der Waals surface area contributed by atoms with Gasteiger partial charge in [0, 0.05) is 11.4 Å². The molecule has 4 heteroatoms. The molecule has 0 aliphatic heterocycles. The van der Waals surface area contributed by atoms with Gasteiger partial charge >= 0.3 is 0 Å². The van der Waals surface area contributed by atoms with E-state index in [1.807, 2.05) is 57.2 Å². The number of nitrogen functional groups attached to an aromatic ring is 1. The van der Waals surface area contributed by atoms with Crippen LogP contribution >= 0.6 is 0 Å². The molecule has 0 saturated carbocycles. The third kappa shape index (κ3) is 3.75. The Morgan fingerprint density at radius 2 is 1.81 bits per heavy atom. The van der Waals surface area contributed by atoms with Gasteiger partial charge in [0.25, 0.3) is 5.91 Å². The molecule has 3 N–H and O–H groups in total. The van der Waals surface area contributed by atoms with E-state index in [1.165, 1.54) is 0 Å². The summed E-state index contributed by atoms with van der Waals surface area (Å²) >= 11 is 0. The van der Waals surface area contributed by atoms with Crippen LogP contribution in [-0.2, 0) is 0 Å². The van der Waals surface area contributed by atoms with E-state index < -0.39 is 0 Å². The minimum absolute atomic E-state index is 0.123. The van der Waals surface area contributed by atoms with E-state index in [1.54, 1.807) is 6.07 Å². The maximum absolute atomic E-state index is 12.2. The number of carbonyl (C=O) groups is 1. The van der Waals surface area contributed by atoms with Gasteiger partial charge in [-0.15, -0.1) is 0 Å². The fourth-order valence-electron chi connectivity index (χ4n) is 1.97. The highest BCUT2D eigenvalue weighted by Gasteiger charge is 2.11. The molecular weight excluding hydrogens is 264 g/mol.